The first-order valence-electron chi connectivity index (χ1n) is 9.06. The molecule has 1 aliphatic heterocycles. The second-order valence-corrected chi connectivity index (χ2v) is 7.72. The summed E-state index contributed by atoms with van der Waals surface area (Å²) in [6.07, 6.45) is 1.69. The van der Waals surface area contributed by atoms with Gasteiger partial charge in [-0.15, -0.1) is 10.2 Å². The van der Waals surface area contributed by atoms with Crippen molar-refractivity contribution >= 4 is 28.1 Å². The van der Waals surface area contributed by atoms with Gasteiger partial charge in [-0.05, 0) is 29.8 Å². The number of anilines is 1. The second-order valence-electron chi connectivity index (χ2n) is 6.57. The fraction of sp³-hybridized carbons (Fsp3) is 0.316. The molecule has 30 heavy (non-hydrogen) atoms. The summed E-state index contributed by atoms with van der Waals surface area (Å²) in [5, 5.41) is 13.9. The minimum atomic E-state index is -4.41. The highest BCUT2D eigenvalue weighted by Crippen LogP contribution is 2.21. The largest absolute Gasteiger partial charge is 0.726 e. The van der Waals surface area contributed by atoms with Crippen LogP contribution < -0.4 is 9.91 Å². The number of azo groups is 1. The molecular formula is C19H26N6O4S. The van der Waals surface area contributed by atoms with E-state index in [1.807, 2.05) is 37.2 Å². The zero-order valence-electron chi connectivity index (χ0n) is 17.3. The Hall–Kier alpha value is -2.86. The summed E-state index contributed by atoms with van der Waals surface area (Å²) in [4.78, 5) is 4.16. The highest BCUT2D eigenvalue weighted by Gasteiger charge is 2.26. The summed E-state index contributed by atoms with van der Waals surface area (Å²) in [6, 6.07) is 18.6. The summed E-state index contributed by atoms with van der Waals surface area (Å²) < 4.78 is 31.0. The molecule has 2 atom stereocenters. The van der Waals surface area contributed by atoms with Crippen molar-refractivity contribution in [2.24, 2.45) is 15.3 Å². The Morgan fingerprint density at radius 1 is 1.20 bits per heavy atom. The van der Waals surface area contributed by atoms with Crippen molar-refractivity contribution < 1.29 is 22.2 Å². The molecule has 1 N–H and O–H groups in total. The van der Waals surface area contributed by atoms with Crippen LogP contribution in [0.5, 0.6) is 0 Å². The molecule has 0 aromatic heterocycles. The Labute approximate surface area is 177 Å². The third-order valence-electron chi connectivity index (χ3n) is 4.24. The van der Waals surface area contributed by atoms with Gasteiger partial charge in [0.15, 0.2) is 6.34 Å². The average molecular weight is 435 g/mol. The molecule has 0 saturated heterocycles. The van der Waals surface area contributed by atoms with Crippen molar-refractivity contribution in [3.8, 4) is 0 Å². The van der Waals surface area contributed by atoms with Crippen LogP contribution in [0.25, 0.3) is 0 Å². The van der Waals surface area contributed by atoms with Gasteiger partial charge in [-0.2, -0.15) is 5.01 Å². The molecule has 2 unspecified atom stereocenters. The molecule has 11 heteroatoms. The molecule has 2 aromatic rings. The van der Waals surface area contributed by atoms with E-state index in [-0.39, 0.29) is 6.29 Å². The van der Waals surface area contributed by atoms with E-state index in [2.05, 4.69) is 67.9 Å². The Bertz CT molecular complexity index is 939. The zero-order valence-corrected chi connectivity index (χ0v) is 18.2. The van der Waals surface area contributed by atoms with E-state index in [1.165, 1.54) is 5.56 Å². The standard InChI is InChI=1S/C18H22N6.CH4O4S/c1-22(13-15-7-5-4-6-8-15)17-11-9-16(10-12-17)20-21-18-23(2)14-19-24(18)3;1-5-6(2,3)4/h4-12,14,18H,13H2,1-3H3;1H3,(H,2,3,4). The van der Waals surface area contributed by atoms with Gasteiger partial charge >= 0.3 is 6.29 Å². The lowest BCUT2D eigenvalue weighted by atomic mass is 10.2. The first kappa shape index (κ1) is 23.4. The number of quaternary nitrogens is 1. The quantitative estimate of drug-likeness (QED) is 0.415. The predicted molar refractivity (Wildman–Crippen MR) is 113 cm³/mol. The van der Waals surface area contributed by atoms with Gasteiger partial charge < -0.3 is 9.45 Å². The van der Waals surface area contributed by atoms with Crippen LogP contribution in [0.3, 0.4) is 0 Å². The second kappa shape index (κ2) is 10.8. The monoisotopic (exact) mass is 434 g/mol. The third-order valence-corrected chi connectivity index (χ3v) is 4.65. The van der Waals surface area contributed by atoms with Gasteiger partial charge in [0.05, 0.1) is 19.8 Å². The fourth-order valence-corrected chi connectivity index (χ4v) is 2.62. The highest BCUT2D eigenvalue weighted by molar-refractivity contribution is 7.80. The van der Waals surface area contributed by atoms with E-state index in [1.54, 1.807) is 6.34 Å². The van der Waals surface area contributed by atoms with Crippen molar-refractivity contribution in [2.75, 3.05) is 33.2 Å². The Morgan fingerprint density at radius 2 is 1.80 bits per heavy atom. The topological polar surface area (TPSA) is 114 Å². The molecule has 2 aromatic carbocycles. The number of rotatable bonds is 6. The molecule has 0 amide bonds. The molecule has 1 aliphatic rings. The van der Waals surface area contributed by atoms with Gasteiger partial charge in [0.1, 0.15) is 0 Å². The number of hydrogen-bond donors (Lipinski definition) is 1. The van der Waals surface area contributed by atoms with E-state index < -0.39 is 10.4 Å². The Morgan fingerprint density at radius 3 is 2.30 bits per heavy atom. The molecule has 0 saturated carbocycles. The van der Waals surface area contributed by atoms with Gasteiger partial charge in [-0.3, -0.25) is 9.08 Å². The van der Waals surface area contributed by atoms with Crippen LogP contribution in [-0.2, 0) is 21.1 Å². The lowest BCUT2D eigenvalue weighted by molar-refractivity contribution is -0.914. The van der Waals surface area contributed by atoms with Gasteiger partial charge in [0.2, 0.25) is 10.4 Å². The summed E-state index contributed by atoms with van der Waals surface area (Å²) >= 11 is 0. The molecule has 3 rings (SSSR count). The zero-order chi connectivity index (χ0) is 22.1. The normalized spacial score (nSPS) is 18.4. The molecule has 162 valence electrons. The van der Waals surface area contributed by atoms with Gasteiger partial charge in [0.25, 0.3) is 0 Å². The van der Waals surface area contributed by atoms with Crippen molar-refractivity contribution in [1.82, 2.24) is 4.90 Å². The number of nitrogens with one attached hydrogen (secondary N) is 1. The van der Waals surface area contributed by atoms with E-state index in [0.29, 0.717) is 0 Å². The van der Waals surface area contributed by atoms with Crippen molar-refractivity contribution in [1.29, 1.82) is 0 Å². The molecule has 0 radical (unpaired) electrons. The van der Waals surface area contributed by atoms with Crippen LogP contribution in [-0.4, -0.2) is 58.8 Å². The SMILES string of the molecule is CN(Cc1ccccc1)c1ccc(N=NC2N(C)C=N[NH+]2C)cc1.COS(=O)(=O)[O-]. The summed E-state index contributed by atoms with van der Waals surface area (Å²) in [5.41, 5.74) is 3.29. The fourth-order valence-electron chi connectivity index (χ4n) is 2.62. The molecule has 0 aliphatic carbocycles. The van der Waals surface area contributed by atoms with Crippen molar-refractivity contribution in [3.05, 3.63) is 60.2 Å². The maximum absolute atomic E-state index is 9.22. The van der Waals surface area contributed by atoms with E-state index in [4.69, 9.17) is 0 Å². The highest BCUT2D eigenvalue weighted by atomic mass is 32.3. The van der Waals surface area contributed by atoms with Crippen molar-refractivity contribution in [3.63, 3.8) is 0 Å². The summed E-state index contributed by atoms with van der Waals surface area (Å²) in [7, 11) is 2.40. The minimum absolute atomic E-state index is 0.0922. The van der Waals surface area contributed by atoms with Gasteiger partial charge in [0, 0.05) is 26.3 Å². The number of hydrogen-bond acceptors (Lipinski definition) is 9. The summed E-state index contributed by atoms with van der Waals surface area (Å²) in [5.74, 6) is 0. The van der Waals surface area contributed by atoms with Crippen LogP contribution >= 0.6 is 0 Å². The van der Waals surface area contributed by atoms with Crippen LogP contribution in [0.15, 0.2) is 69.9 Å². The maximum atomic E-state index is 9.22. The van der Waals surface area contributed by atoms with E-state index >= 15 is 0 Å². The van der Waals surface area contributed by atoms with E-state index in [0.717, 1.165) is 30.0 Å². The smallest absolute Gasteiger partial charge is 0.305 e. The molecule has 0 spiro atoms. The molecule has 0 bridgehead atoms. The van der Waals surface area contributed by atoms with Crippen LogP contribution in [0.2, 0.25) is 0 Å². The van der Waals surface area contributed by atoms with Crippen LogP contribution in [0.1, 0.15) is 5.56 Å². The predicted octanol–water partition coefficient (Wildman–Crippen LogP) is 1.19. The Kier molecular flexibility index (Phi) is 8.42. The van der Waals surface area contributed by atoms with E-state index in [9.17, 15) is 13.0 Å². The number of benzene rings is 2. The van der Waals surface area contributed by atoms with Crippen LogP contribution in [0.4, 0.5) is 11.4 Å². The molecular weight excluding hydrogens is 408 g/mol. The van der Waals surface area contributed by atoms with Crippen LogP contribution in [0, 0.1) is 0 Å². The number of nitrogens with zero attached hydrogens (tertiary/aromatic N) is 5. The lowest BCUT2D eigenvalue weighted by Crippen LogP contribution is -3.07. The lowest BCUT2D eigenvalue weighted by Gasteiger charge is -2.19. The summed E-state index contributed by atoms with van der Waals surface area (Å²) in [6.45, 7) is 0.875. The molecule has 0 fully saturated rings. The Balaban J connectivity index is 0.000000469. The first-order valence-corrected chi connectivity index (χ1v) is 10.4. The van der Waals surface area contributed by atoms with Gasteiger partial charge in [-0.25, -0.2) is 8.42 Å². The molecule has 1 heterocycles. The molecule has 10 nitrogen and oxygen atoms in total. The minimum Gasteiger partial charge on any atom is -0.726 e. The third kappa shape index (κ3) is 7.52. The van der Waals surface area contributed by atoms with Crippen molar-refractivity contribution in [2.45, 2.75) is 12.8 Å². The average Bonchev–Trinajstić information content (AvgIpc) is 3.05. The first-order chi connectivity index (χ1) is 14.2. The maximum Gasteiger partial charge on any atom is 0.305 e. The van der Waals surface area contributed by atoms with Gasteiger partial charge in [-0.1, -0.05) is 35.4 Å².